The normalized spacial score (nSPS) is 20.5. The Bertz CT molecular complexity index is 901. The maximum absolute atomic E-state index is 2.39. The summed E-state index contributed by atoms with van der Waals surface area (Å²) in [7, 11) is 0. The lowest BCUT2D eigenvalue weighted by Crippen LogP contribution is -2.20. The number of allylic oxidation sites excluding steroid dienone is 1. The Morgan fingerprint density at radius 3 is 1.95 bits per heavy atom. The van der Waals surface area contributed by atoms with Gasteiger partial charge in [0.1, 0.15) is 0 Å². The standard InChI is InChI=1S/C22H16/c1-2-8-16-15(7-1)13-14-21-19-11-4-3-9-17(19)18-10-5-6-12-20(18)22(16)21/h1-14,21-22H/t21?,22-/m1/s1. The molecule has 0 heterocycles. The fourth-order valence-corrected chi connectivity index (χ4v) is 4.15. The maximum atomic E-state index is 2.39. The summed E-state index contributed by atoms with van der Waals surface area (Å²) in [6.45, 7) is 0. The molecule has 0 bridgehead atoms. The lowest BCUT2D eigenvalue weighted by molar-refractivity contribution is 0.698. The molecular formula is C22H16. The molecule has 0 aromatic heterocycles. The second-order valence-corrected chi connectivity index (χ2v) is 6.17. The summed E-state index contributed by atoms with van der Waals surface area (Å²) in [6, 6.07) is 26.6. The van der Waals surface area contributed by atoms with Gasteiger partial charge in [0, 0.05) is 11.8 Å². The van der Waals surface area contributed by atoms with Gasteiger partial charge in [-0.05, 0) is 33.4 Å². The molecule has 0 spiro atoms. The summed E-state index contributed by atoms with van der Waals surface area (Å²) >= 11 is 0. The molecule has 0 N–H and O–H groups in total. The molecule has 0 amide bonds. The molecular weight excluding hydrogens is 264 g/mol. The Balaban J connectivity index is 1.86. The topological polar surface area (TPSA) is 0 Å². The largest absolute Gasteiger partial charge is 0.0754 e. The van der Waals surface area contributed by atoms with Crippen LogP contribution in [0.2, 0.25) is 0 Å². The van der Waals surface area contributed by atoms with Crippen LogP contribution in [-0.2, 0) is 0 Å². The molecule has 22 heavy (non-hydrogen) atoms. The fourth-order valence-electron chi connectivity index (χ4n) is 4.15. The Labute approximate surface area is 130 Å². The van der Waals surface area contributed by atoms with Crippen molar-refractivity contribution >= 4 is 6.08 Å². The van der Waals surface area contributed by atoms with Gasteiger partial charge in [0.2, 0.25) is 0 Å². The van der Waals surface area contributed by atoms with Crippen molar-refractivity contribution in [2.45, 2.75) is 11.8 Å². The van der Waals surface area contributed by atoms with E-state index in [1.807, 2.05) is 0 Å². The van der Waals surface area contributed by atoms with Crippen molar-refractivity contribution in [2.24, 2.45) is 0 Å². The second-order valence-electron chi connectivity index (χ2n) is 6.17. The highest BCUT2D eigenvalue weighted by Crippen LogP contribution is 2.52. The van der Waals surface area contributed by atoms with Gasteiger partial charge in [0.15, 0.2) is 0 Å². The van der Waals surface area contributed by atoms with Crippen molar-refractivity contribution in [3.8, 4) is 11.1 Å². The Morgan fingerprint density at radius 2 is 1.14 bits per heavy atom. The van der Waals surface area contributed by atoms with Crippen molar-refractivity contribution in [1.29, 1.82) is 0 Å². The average Bonchev–Trinajstić information content (AvgIpc) is 2.61. The number of hydrogen-bond donors (Lipinski definition) is 0. The average molecular weight is 280 g/mol. The molecule has 0 radical (unpaired) electrons. The SMILES string of the molecule is C1=CC2c3ccccc3-c3ccccc3[C@H]2c2ccccc21. The van der Waals surface area contributed by atoms with E-state index in [1.165, 1.54) is 33.4 Å². The highest BCUT2D eigenvalue weighted by atomic mass is 14.4. The lowest BCUT2D eigenvalue weighted by atomic mass is 9.66. The molecule has 2 aliphatic rings. The van der Waals surface area contributed by atoms with Gasteiger partial charge in [-0.1, -0.05) is 84.9 Å². The van der Waals surface area contributed by atoms with Crippen LogP contribution >= 0.6 is 0 Å². The zero-order valence-electron chi connectivity index (χ0n) is 12.2. The van der Waals surface area contributed by atoms with Gasteiger partial charge >= 0.3 is 0 Å². The first kappa shape index (κ1) is 12.0. The van der Waals surface area contributed by atoms with Gasteiger partial charge in [-0.25, -0.2) is 0 Å². The van der Waals surface area contributed by atoms with E-state index >= 15 is 0 Å². The third-order valence-corrected chi connectivity index (χ3v) is 5.08. The van der Waals surface area contributed by atoms with E-state index in [4.69, 9.17) is 0 Å². The summed E-state index contributed by atoms with van der Waals surface area (Å²) in [5.74, 6) is 0.883. The third kappa shape index (κ3) is 1.52. The molecule has 0 fully saturated rings. The van der Waals surface area contributed by atoms with Gasteiger partial charge in [0.05, 0.1) is 0 Å². The lowest BCUT2D eigenvalue weighted by Gasteiger charge is -2.37. The Morgan fingerprint density at radius 1 is 0.545 bits per heavy atom. The predicted molar refractivity (Wildman–Crippen MR) is 91.9 cm³/mol. The number of benzene rings is 3. The predicted octanol–water partition coefficient (Wildman–Crippen LogP) is 5.61. The third-order valence-electron chi connectivity index (χ3n) is 5.08. The van der Waals surface area contributed by atoms with Crippen LogP contribution in [0.1, 0.15) is 34.1 Å². The first-order chi connectivity index (χ1) is 10.9. The molecule has 0 saturated heterocycles. The molecule has 3 aromatic rings. The van der Waals surface area contributed by atoms with Gasteiger partial charge < -0.3 is 0 Å². The number of rotatable bonds is 0. The van der Waals surface area contributed by atoms with E-state index in [2.05, 4.69) is 84.9 Å². The zero-order valence-corrected chi connectivity index (χ0v) is 12.2. The first-order valence-electron chi connectivity index (χ1n) is 7.89. The molecule has 0 nitrogen and oxygen atoms in total. The van der Waals surface area contributed by atoms with Crippen LogP contribution in [0.3, 0.4) is 0 Å². The molecule has 0 saturated carbocycles. The van der Waals surface area contributed by atoms with Gasteiger partial charge in [-0.2, -0.15) is 0 Å². The van der Waals surface area contributed by atoms with Crippen molar-refractivity contribution in [3.05, 3.63) is 101 Å². The minimum Gasteiger partial charge on any atom is -0.0754 e. The summed E-state index contributed by atoms with van der Waals surface area (Å²) in [4.78, 5) is 0. The smallest absolute Gasteiger partial charge is 0.0205 e. The molecule has 104 valence electrons. The number of hydrogen-bond acceptors (Lipinski definition) is 0. The van der Waals surface area contributed by atoms with E-state index in [1.54, 1.807) is 0 Å². The quantitative estimate of drug-likeness (QED) is 0.502. The summed E-state index contributed by atoms with van der Waals surface area (Å²) in [6.07, 6.45) is 4.68. The van der Waals surface area contributed by atoms with Crippen LogP contribution in [-0.4, -0.2) is 0 Å². The Hall–Kier alpha value is -2.60. The van der Waals surface area contributed by atoms with Crippen molar-refractivity contribution in [1.82, 2.24) is 0 Å². The zero-order chi connectivity index (χ0) is 14.5. The van der Waals surface area contributed by atoms with E-state index in [-0.39, 0.29) is 0 Å². The van der Waals surface area contributed by atoms with Crippen LogP contribution in [0.5, 0.6) is 0 Å². The number of fused-ring (bicyclic) bond motifs is 8. The molecule has 0 aliphatic heterocycles. The van der Waals surface area contributed by atoms with Gasteiger partial charge in [0.25, 0.3) is 0 Å². The minimum atomic E-state index is 0.437. The molecule has 0 heteroatoms. The van der Waals surface area contributed by atoms with Crippen LogP contribution in [0.4, 0.5) is 0 Å². The van der Waals surface area contributed by atoms with Crippen molar-refractivity contribution in [2.75, 3.05) is 0 Å². The summed E-state index contributed by atoms with van der Waals surface area (Å²) < 4.78 is 0. The molecule has 5 rings (SSSR count). The van der Waals surface area contributed by atoms with Crippen molar-refractivity contribution in [3.63, 3.8) is 0 Å². The first-order valence-corrected chi connectivity index (χ1v) is 7.89. The van der Waals surface area contributed by atoms with Gasteiger partial charge in [-0.15, -0.1) is 0 Å². The monoisotopic (exact) mass is 280 g/mol. The maximum Gasteiger partial charge on any atom is 0.0205 e. The van der Waals surface area contributed by atoms with Crippen LogP contribution in [0.25, 0.3) is 17.2 Å². The second kappa shape index (κ2) is 4.45. The van der Waals surface area contributed by atoms with Crippen LogP contribution < -0.4 is 0 Å². The highest BCUT2D eigenvalue weighted by Gasteiger charge is 2.35. The van der Waals surface area contributed by atoms with E-state index < -0.39 is 0 Å². The van der Waals surface area contributed by atoms with Crippen LogP contribution in [0, 0.1) is 0 Å². The molecule has 2 aliphatic carbocycles. The highest BCUT2D eigenvalue weighted by molar-refractivity contribution is 5.79. The van der Waals surface area contributed by atoms with Crippen molar-refractivity contribution < 1.29 is 0 Å². The fraction of sp³-hybridized carbons (Fsp3) is 0.0909. The van der Waals surface area contributed by atoms with E-state index in [0.29, 0.717) is 11.8 Å². The molecule has 1 unspecified atom stereocenters. The molecule has 2 atom stereocenters. The summed E-state index contributed by atoms with van der Waals surface area (Å²) in [5.41, 5.74) is 8.52. The van der Waals surface area contributed by atoms with Gasteiger partial charge in [-0.3, -0.25) is 0 Å². The minimum absolute atomic E-state index is 0.437. The summed E-state index contributed by atoms with van der Waals surface area (Å²) in [5, 5.41) is 0. The van der Waals surface area contributed by atoms with E-state index in [9.17, 15) is 0 Å². The Kier molecular flexibility index (Phi) is 2.42. The molecule has 3 aromatic carbocycles. The van der Waals surface area contributed by atoms with Crippen LogP contribution in [0.15, 0.2) is 78.9 Å². The van der Waals surface area contributed by atoms with E-state index in [0.717, 1.165) is 0 Å².